The normalized spacial score (nSPS) is 11.6. The molecule has 61 heavy (non-hydrogen) atoms. The Balaban J connectivity index is 1.09. The first-order chi connectivity index (χ1) is 30.2. The third-order valence-corrected chi connectivity index (χ3v) is 12.6. The van der Waals surface area contributed by atoms with Crippen molar-refractivity contribution in [3.63, 3.8) is 0 Å². The van der Waals surface area contributed by atoms with Crippen molar-refractivity contribution in [1.29, 1.82) is 0 Å². The Kier molecular flexibility index (Phi) is 8.25. The van der Waals surface area contributed by atoms with Crippen molar-refractivity contribution < 1.29 is 0 Å². The summed E-state index contributed by atoms with van der Waals surface area (Å²) in [6.07, 6.45) is 0. The molecule has 0 aliphatic carbocycles. The number of rotatable bonds is 6. The lowest BCUT2D eigenvalue weighted by Crippen LogP contribution is -2.11. The van der Waals surface area contributed by atoms with Crippen LogP contribution in [0.2, 0.25) is 0 Å². The van der Waals surface area contributed by atoms with Gasteiger partial charge in [-0.1, -0.05) is 188 Å². The molecular weight excluding hydrogens is 735 g/mol. The third kappa shape index (κ3) is 5.93. The highest BCUT2D eigenvalue weighted by atomic mass is 15.1. The van der Waals surface area contributed by atoms with Crippen LogP contribution in [0, 0.1) is 0 Å². The number of hydrogen-bond donors (Lipinski definition) is 0. The van der Waals surface area contributed by atoms with Crippen LogP contribution in [0.4, 0.5) is 17.1 Å². The Morgan fingerprint density at radius 2 is 0.705 bits per heavy atom. The average molecular weight is 774 g/mol. The summed E-state index contributed by atoms with van der Waals surface area (Å²) < 4.78 is 0. The maximum atomic E-state index is 2.46. The summed E-state index contributed by atoms with van der Waals surface area (Å²) in [6, 6.07) is 87.0. The molecule has 0 aromatic heterocycles. The van der Waals surface area contributed by atoms with E-state index in [4.69, 9.17) is 0 Å². The summed E-state index contributed by atoms with van der Waals surface area (Å²) in [4.78, 5) is 2.46. The van der Waals surface area contributed by atoms with Crippen LogP contribution in [0.5, 0.6) is 0 Å². The summed E-state index contributed by atoms with van der Waals surface area (Å²) in [7, 11) is 0. The van der Waals surface area contributed by atoms with Gasteiger partial charge in [0, 0.05) is 16.9 Å². The van der Waals surface area contributed by atoms with Gasteiger partial charge in [0.15, 0.2) is 0 Å². The molecule has 0 N–H and O–H groups in total. The van der Waals surface area contributed by atoms with E-state index in [-0.39, 0.29) is 0 Å². The fourth-order valence-corrected chi connectivity index (χ4v) is 9.68. The molecule has 1 nitrogen and oxygen atoms in total. The van der Waals surface area contributed by atoms with Gasteiger partial charge in [0.1, 0.15) is 0 Å². The van der Waals surface area contributed by atoms with E-state index >= 15 is 0 Å². The van der Waals surface area contributed by atoms with Gasteiger partial charge >= 0.3 is 0 Å². The van der Waals surface area contributed by atoms with Crippen molar-refractivity contribution in [3.8, 4) is 33.4 Å². The maximum absolute atomic E-state index is 2.46. The average Bonchev–Trinajstić information content (AvgIpc) is 3.34. The number of fused-ring (bicyclic) bond motifs is 9. The van der Waals surface area contributed by atoms with Crippen molar-refractivity contribution in [2.75, 3.05) is 4.90 Å². The quantitative estimate of drug-likeness (QED) is 0.152. The molecule has 284 valence electrons. The van der Waals surface area contributed by atoms with E-state index in [0.717, 1.165) is 17.1 Å². The lowest BCUT2D eigenvalue weighted by molar-refractivity contribution is 1.29. The van der Waals surface area contributed by atoms with Crippen molar-refractivity contribution in [1.82, 2.24) is 0 Å². The predicted molar refractivity (Wildman–Crippen MR) is 262 cm³/mol. The zero-order valence-corrected chi connectivity index (χ0v) is 33.5. The second-order valence-corrected chi connectivity index (χ2v) is 16.1. The highest BCUT2D eigenvalue weighted by Crippen LogP contribution is 2.46. The van der Waals surface area contributed by atoms with E-state index < -0.39 is 0 Å². The molecule has 0 aliphatic rings. The van der Waals surface area contributed by atoms with Gasteiger partial charge < -0.3 is 4.90 Å². The lowest BCUT2D eigenvalue weighted by Gasteiger charge is -2.29. The SMILES string of the molecule is c1ccc(-c2cc3ccccc3cc2N(c2ccc(-c3cc4ccccc4c4ccccc34)cc2)c2cccc(-c3cc4c5ccccc5ccc4c4ccccc34)c2)cc1. The van der Waals surface area contributed by atoms with Crippen molar-refractivity contribution in [3.05, 3.63) is 237 Å². The van der Waals surface area contributed by atoms with Gasteiger partial charge in [-0.2, -0.15) is 0 Å². The topological polar surface area (TPSA) is 3.24 Å². The fourth-order valence-electron chi connectivity index (χ4n) is 9.68. The molecule has 0 spiro atoms. The number of benzene rings is 12. The Morgan fingerprint density at radius 1 is 0.213 bits per heavy atom. The van der Waals surface area contributed by atoms with Gasteiger partial charge in [-0.15, -0.1) is 0 Å². The second-order valence-electron chi connectivity index (χ2n) is 16.1. The Labute approximate surface area is 355 Å². The summed E-state index contributed by atoms with van der Waals surface area (Å²) in [5.74, 6) is 0. The molecule has 0 aliphatic heterocycles. The summed E-state index contributed by atoms with van der Waals surface area (Å²) in [5, 5.41) is 15.1. The molecule has 0 fully saturated rings. The van der Waals surface area contributed by atoms with Crippen LogP contribution in [0.3, 0.4) is 0 Å². The van der Waals surface area contributed by atoms with Crippen molar-refractivity contribution >= 4 is 81.7 Å². The third-order valence-electron chi connectivity index (χ3n) is 12.6. The Hall–Kier alpha value is -8.00. The summed E-state index contributed by atoms with van der Waals surface area (Å²) in [5.41, 5.74) is 10.5. The van der Waals surface area contributed by atoms with Crippen molar-refractivity contribution in [2.45, 2.75) is 0 Å². The summed E-state index contributed by atoms with van der Waals surface area (Å²) in [6.45, 7) is 0. The molecule has 12 rings (SSSR count). The van der Waals surface area contributed by atoms with Crippen LogP contribution in [-0.2, 0) is 0 Å². The van der Waals surface area contributed by atoms with Gasteiger partial charge in [-0.25, -0.2) is 0 Å². The molecule has 12 aromatic carbocycles. The first-order valence-corrected chi connectivity index (χ1v) is 21.1. The Morgan fingerprint density at radius 3 is 1.43 bits per heavy atom. The number of nitrogens with zero attached hydrogens (tertiary/aromatic N) is 1. The van der Waals surface area contributed by atoms with E-state index in [2.05, 4.69) is 241 Å². The molecular formula is C60H39N. The molecule has 0 saturated carbocycles. The first kappa shape index (κ1) is 35.0. The predicted octanol–water partition coefficient (Wildman–Crippen LogP) is 17.1. The maximum Gasteiger partial charge on any atom is 0.0546 e. The molecule has 0 saturated heterocycles. The van der Waals surface area contributed by atoms with Crippen LogP contribution in [-0.4, -0.2) is 0 Å². The standard InChI is InChI=1S/C60H39N/c1-2-15-40(16-3-1)58-36-43-18-4-5-19-44(43)38-60(58)61(47-32-29-42(30-33-47)56-37-46-20-7-9-24-50(46)51-25-10-12-27-53(51)56)48-22-14-21-45(35-48)57-39-59-49-23-8-6-17-41(49)31-34-55(59)52-26-11-13-28-54(52)57/h1-39H. The van der Waals surface area contributed by atoms with Gasteiger partial charge in [0.05, 0.1) is 5.69 Å². The molecule has 12 aromatic rings. The van der Waals surface area contributed by atoms with Crippen LogP contribution >= 0.6 is 0 Å². The first-order valence-electron chi connectivity index (χ1n) is 21.1. The minimum absolute atomic E-state index is 1.09. The molecule has 0 bridgehead atoms. The number of hydrogen-bond acceptors (Lipinski definition) is 1. The minimum Gasteiger partial charge on any atom is -0.310 e. The van der Waals surface area contributed by atoms with Gasteiger partial charge in [-0.05, 0) is 141 Å². The van der Waals surface area contributed by atoms with Crippen LogP contribution in [0.25, 0.3) is 98.0 Å². The Bertz CT molecular complexity index is 3640. The fraction of sp³-hybridized carbons (Fsp3) is 0. The molecule has 0 unspecified atom stereocenters. The van der Waals surface area contributed by atoms with Gasteiger partial charge in [0.25, 0.3) is 0 Å². The van der Waals surface area contributed by atoms with E-state index in [1.54, 1.807) is 0 Å². The molecule has 1 heteroatoms. The zero-order valence-electron chi connectivity index (χ0n) is 33.5. The van der Waals surface area contributed by atoms with Crippen LogP contribution in [0.1, 0.15) is 0 Å². The van der Waals surface area contributed by atoms with E-state index in [0.29, 0.717) is 0 Å². The largest absolute Gasteiger partial charge is 0.310 e. The highest BCUT2D eigenvalue weighted by Gasteiger charge is 2.21. The smallest absolute Gasteiger partial charge is 0.0546 e. The molecule has 0 heterocycles. The molecule has 0 atom stereocenters. The second kappa shape index (κ2) is 14.4. The summed E-state index contributed by atoms with van der Waals surface area (Å²) >= 11 is 0. The monoisotopic (exact) mass is 773 g/mol. The minimum atomic E-state index is 1.09. The van der Waals surface area contributed by atoms with Crippen LogP contribution < -0.4 is 4.90 Å². The van der Waals surface area contributed by atoms with Crippen molar-refractivity contribution in [2.24, 2.45) is 0 Å². The number of anilines is 3. The van der Waals surface area contributed by atoms with E-state index in [1.807, 2.05) is 0 Å². The molecule has 0 radical (unpaired) electrons. The van der Waals surface area contributed by atoms with Gasteiger partial charge in [-0.3, -0.25) is 0 Å². The molecule has 0 amide bonds. The highest BCUT2D eigenvalue weighted by molar-refractivity contribution is 6.21. The zero-order chi connectivity index (χ0) is 40.3. The van der Waals surface area contributed by atoms with E-state index in [1.165, 1.54) is 98.0 Å². The van der Waals surface area contributed by atoms with Crippen LogP contribution in [0.15, 0.2) is 237 Å². The van der Waals surface area contributed by atoms with Gasteiger partial charge in [0.2, 0.25) is 0 Å². The lowest BCUT2D eigenvalue weighted by atomic mass is 9.90. The van der Waals surface area contributed by atoms with E-state index in [9.17, 15) is 0 Å².